The number of carbonyl (C=O) groups is 2. The van der Waals surface area contributed by atoms with Gasteiger partial charge in [0.2, 0.25) is 11.7 Å². The highest BCUT2D eigenvalue weighted by molar-refractivity contribution is 5.93. The summed E-state index contributed by atoms with van der Waals surface area (Å²) < 4.78 is 5.75. The van der Waals surface area contributed by atoms with E-state index in [1.165, 1.54) is 6.20 Å². The van der Waals surface area contributed by atoms with E-state index in [4.69, 9.17) is 4.42 Å². The third kappa shape index (κ3) is 5.88. The number of hydrogen-bond donors (Lipinski definition) is 3. The highest BCUT2D eigenvalue weighted by Crippen LogP contribution is 2.26. The van der Waals surface area contributed by atoms with Gasteiger partial charge in [0.05, 0.1) is 11.9 Å². The molecule has 33 heavy (non-hydrogen) atoms. The molecule has 8 nitrogen and oxygen atoms in total. The number of hydrogen-bond acceptors (Lipinski definition) is 5. The molecule has 2 heterocycles. The second-order valence-corrected chi connectivity index (χ2v) is 8.50. The van der Waals surface area contributed by atoms with Crippen molar-refractivity contribution in [3.05, 3.63) is 48.0 Å². The summed E-state index contributed by atoms with van der Waals surface area (Å²) in [5.74, 6) is 0.390. The zero-order valence-electron chi connectivity index (χ0n) is 19.9. The predicted octanol–water partition coefficient (Wildman–Crippen LogP) is 4.81. The minimum Gasteiger partial charge on any atom is -0.431 e. The van der Waals surface area contributed by atoms with Crippen molar-refractivity contribution in [3.8, 4) is 22.7 Å². The van der Waals surface area contributed by atoms with Crippen molar-refractivity contribution in [2.75, 3.05) is 0 Å². The van der Waals surface area contributed by atoms with Crippen molar-refractivity contribution in [2.24, 2.45) is 5.92 Å². The normalized spacial score (nSPS) is 12.2. The lowest BCUT2D eigenvalue weighted by Gasteiger charge is -2.19. The van der Waals surface area contributed by atoms with Crippen LogP contribution in [0, 0.1) is 5.92 Å². The summed E-state index contributed by atoms with van der Waals surface area (Å²) in [6, 6.07) is 9.44. The van der Waals surface area contributed by atoms with E-state index in [0.29, 0.717) is 23.2 Å². The lowest BCUT2D eigenvalue weighted by Crippen LogP contribution is -2.37. The molecule has 0 bridgehead atoms. The zero-order chi connectivity index (χ0) is 24.0. The van der Waals surface area contributed by atoms with Crippen LogP contribution in [0.1, 0.15) is 74.9 Å². The molecule has 3 N–H and O–H groups in total. The molecule has 8 heteroatoms. The molecule has 2 amide bonds. The fraction of sp³-hybridized carbons (Fsp3) is 0.440. The van der Waals surface area contributed by atoms with Crippen LogP contribution in [0.15, 0.2) is 40.9 Å². The van der Waals surface area contributed by atoms with Gasteiger partial charge in [-0.3, -0.25) is 14.7 Å². The number of amides is 2. The van der Waals surface area contributed by atoms with Crippen LogP contribution in [-0.4, -0.2) is 39.1 Å². The molecule has 176 valence electrons. The number of rotatable bonds is 10. The van der Waals surface area contributed by atoms with E-state index < -0.39 is 0 Å². The number of carbonyl (C=O) groups excluding carboxylic acids is 2. The van der Waals surface area contributed by atoms with Crippen molar-refractivity contribution in [3.63, 3.8) is 0 Å². The van der Waals surface area contributed by atoms with E-state index >= 15 is 0 Å². The average molecular weight is 452 g/mol. The zero-order valence-corrected chi connectivity index (χ0v) is 19.9. The fourth-order valence-corrected chi connectivity index (χ4v) is 3.65. The highest BCUT2D eigenvalue weighted by Gasteiger charge is 2.20. The number of benzene rings is 1. The van der Waals surface area contributed by atoms with Crippen LogP contribution < -0.4 is 10.6 Å². The number of aromatic amines is 1. The summed E-state index contributed by atoms with van der Waals surface area (Å²) in [6.07, 6.45) is 4.03. The Balaban J connectivity index is 1.75. The summed E-state index contributed by atoms with van der Waals surface area (Å²) in [5, 5.41) is 13.1. The van der Waals surface area contributed by atoms with Crippen LogP contribution in [0.2, 0.25) is 0 Å². The second-order valence-electron chi connectivity index (χ2n) is 8.50. The van der Waals surface area contributed by atoms with Gasteiger partial charge >= 0.3 is 0 Å². The van der Waals surface area contributed by atoms with Crippen molar-refractivity contribution in [2.45, 2.75) is 66.0 Å². The summed E-state index contributed by atoms with van der Waals surface area (Å²) in [4.78, 5) is 29.3. The van der Waals surface area contributed by atoms with Crippen molar-refractivity contribution < 1.29 is 14.0 Å². The van der Waals surface area contributed by atoms with Crippen LogP contribution in [0.5, 0.6) is 0 Å². The Morgan fingerprint density at radius 3 is 2.39 bits per heavy atom. The number of nitrogens with zero attached hydrogens (tertiary/aromatic N) is 2. The average Bonchev–Trinajstić information content (AvgIpc) is 3.51. The molecule has 1 aromatic carbocycles. The Labute approximate surface area is 194 Å². The number of H-pyrrole nitrogens is 1. The minimum atomic E-state index is -0.271. The van der Waals surface area contributed by atoms with E-state index in [9.17, 15) is 9.59 Å². The van der Waals surface area contributed by atoms with Gasteiger partial charge in [0, 0.05) is 23.2 Å². The molecule has 0 aliphatic carbocycles. The Hall–Kier alpha value is -3.42. The first-order valence-corrected chi connectivity index (χ1v) is 11.6. The van der Waals surface area contributed by atoms with Crippen molar-refractivity contribution in [1.82, 2.24) is 25.8 Å². The molecule has 3 rings (SSSR count). The van der Waals surface area contributed by atoms with Gasteiger partial charge in [0.1, 0.15) is 0 Å². The van der Waals surface area contributed by atoms with Gasteiger partial charge in [0.15, 0.2) is 5.69 Å². The second kappa shape index (κ2) is 10.9. The molecule has 0 spiro atoms. The fourth-order valence-electron chi connectivity index (χ4n) is 3.65. The van der Waals surface area contributed by atoms with Gasteiger partial charge in [0.25, 0.3) is 11.8 Å². The van der Waals surface area contributed by atoms with Crippen LogP contribution >= 0.6 is 0 Å². The van der Waals surface area contributed by atoms with Crippen LogP contribution in [0.3, 0.4) is 0 Å². The maximum absolute atomic E-state index is 12.5. The molecule has 0 fully saturated rings. The first-order valence-electron chi connectivity index (χ1n) is 11.6. The number of aromatic nitrogens is 3. The maximum Gasteiger partial charge on any atom is 0.288 e. The predicted molar refractivity (Wildman–Crippen MR) is 128 cm³/mol. The summed E-state index contributed by atoms with van der Waals surface area (Å²) in [5.41, 5.74) is 2.60. The first kappa shape index (κ1) is 24.2. The molecule has 0 aliphatic heterocycles. The molecule has 1 unspecified atom stereocenters. The van der Waals surface area contributed by atoms with Crippen LogP contribution in [-0.2, 0) is 0 Å². The smallest absolute Gasteiger partial charge is 0.288 e. The summed E-state index contributed by atoms with van der Waals surface area (Å²) in [6.45, 7) is 10.3. The lowest BCUT2D eigenvalue weighted by atomic mass is 10.0. The van der Waals surface area contributed by atoms with Gasteiger partial charge in [-0.25, -0.2) is 4.98 Å². The maximum atomic E-state index is 12.5. The monoisotopic (exact) mass is 451 g/mol. The quantitative estimate of drug-likeness (QED) is 0.409. The van der Waals surface area contributed by atoms with E-state index in [-0.39, 0.29) is 29.7 Å². The van der Waals surface area contributed by atoms with Gasteiger partial charge in [-0.15, -0.1) is 0 Å². The molecule has 0 radical (unpaired) electrons. The Kier molecular flexibility index (Phi) is 8.03. The van der Waals surface area contributed by atoms with Crippen LogP contribution in [0.4, 0.5) is 0 Å². The number of nitrogens with one attached hydrogen (secondary N) is 3. The Morgan fingerprint density at radius 2 is 1.73 bits per heavy atom. The third-order valence-corrected chi connectivity index (χ3v) is 5.84. The minimum absolute atomic E-state index is 0.0751. The first-order chi connectivity index (χ1) is 15.9. The number of oxazole rings is 1. The largest absolute Gasteiger partial charge is 0.431 e. The molecule has 1 atom stereocenters. The molecule has 3 aromatic rings. The topological polar surface area (TPSA) is 113 Å². The Bertz CT molecular complexity index is 1080. The standard InChI is InChI=1S/C25H33N5O3/c1-6-18(7-2)27-23(31)21-13-20(29-30-21)16-10-9-11-17(12-16)25-26-14-22(33-25)24(32)28-19(8-3)15(4)5/h9-15,18-19H,6-8H2,1-5H3,(H,27,31)(H,28,32)(H,29,30). The van der Waals surface area contributed by atoms with E-state index in [0.717, 1.165) is 30.4 Å². The van der Waals surface area contributed by atoms with Crippen molar-refractivity contribution in [1.29, 1.82) is 0 Å². The molecule has 0 aliphatic rings. The van der Waals surface area contributed by atoms with Gasteiger partial charge in [-0.1, -0.05) is 46.8 Å². The molecule has 0 saturated heterocycles. The Morgan fingerprint density at radius 1 is 1.00 bits per heavy atom. The van der Waals surface area contributed by atoms with Gasteiger partial charge in [-0.05, 0) is 43.4 Å². The summed E-state index contributed by atoms with van der Waals surface area (Å²) >= 11 is 0. The third-order valence-electron chi connectivity index (χ3n) is 5.84. The van der Waals surface area contributed by atoms with Gasteiger partial charge < -0.3 is 15.1 Å². The SMILES string of the molecule is CCC(CC)NC(=O)c1cc(-c2cccc(-c3ncc(C(=O)NC(CC)C(C)C)o3)c2)[nH]n1. The van der Waals surface area contributed by atoms with Crippen LogP contribution in [0.25, 0.3) is 22.7 Å². The lowest BCUT2D eigenvalue weighted by molar-refractivity contribution is 0.0895. The van der Waals surface area contributed by atoms with Gasteiger partial charge in [-0.2, -0.15) is 5.10 Å². The highest BCUT2D eigenvalue weighted by atomic mass is 16.4. The van der Waals surface area contributed by atoms with E-state index in [1.54, 1.807) is 6.07 Å². The van der Waals surface area contributed by atoms with Crippen molar-refractivity contribution >= 4 is 11.8 Å². The summed E-state index contributed by atoms with van der Waals surface area (Å²) in [7, 11) is 0. The van der Waals surface area contributed by atoms with E-state index in [1.807, 2.05) is 45.0 Å². The molecule has 2 aromatic heterocycles. The molecule has 0 saturated carbocycles. The molecular weight excluding hydrogens is 418 g/mol. The van der Waals surface area contributed by atoms with E-state index in [2.05, 4.69) is 39.7 Å². The molecular formula is C25H33N5O3.